The fraction of sp³-hybridized carbons (Fsp3) is 0.545. The van der Waals surface area contributed by atoms with Crippen LogP contribution >= 0.6 is 0 Å². The van der Waals surface area contributed by atoms with Crippen LogP contribution in [-0.4, -0.2) is 25.2 Å². The second kappa shape index (κ2) is 4.74. The molecule has 0 aliphatic carbocycles. The van der Waals surface area contributed by atoms with Gasteiger partial charge in [0.25, 0.3) is 0 Å². The van der Waals surface area contributed by atoms with E-state index in [0.717, 1.165) is 6.04 Å². The van der Waals surface area contributed by atoms with Crippen LogP contribution in [0.5, 0.6) is 0 Å². The van der Waals surface area contributed by atoms with Crippen molar-refractivity contribution >= 4 is 19.7 Å². The van der Waals surface area contributed by atoms with E-state index < -0.39 is 8.07 Å². The van der Waals surface area contributed by atoms with Crippen molar-refractivity contribution in [3.8, 4) is 0 Å². The Morgan fingerprint density at radius 1 is 1.50 bits per heavy atom. The molecule has 0 amide bonds. The van der Waals surface area contributed by atoms with Crippen LogP contribution in [0.15, 0.2) is 12.3 Å². The standard InChI is InChI=1S/C11H20N2O2Si/c1-13-8-9(12)7-10(13)11(14)15-5-6-16(2,3)4/h7-8H,5-6,12H2,1-4H3. The normalized spacial score (nSPS) is 11.5. The van der Waals surface area contributed by atoms with Crippen LogP contribution in [0.25, 0.3) is 0 Å². The molecule has 90 valence electrons. The molecule has 0 aromatic carbocycles. The summed E-state index contributed by atoms with van der Waals surface area (Å²) >= 11 is 0. The molecule has 1 aromatic rings. The van der Waals surface area contributed by atoms with E-state index >= 15 is 0 Å². The molecule has 0 fully saturated rings. The second-order valence-electron chi connectivity index (χ2n) is 5.22. The van der Waals surface area contributed by atoms with Crippen molar-refractivity contribution in [2.75, 3.05) is 12.3 Å². The number of aromatic nitrogens is 1. The zero-order valence-corrected chi connectivity index (χ0v) is 11.4. The van der Waals surface area contributed by atoms with Gasteiger partial charge in [-0.05, 0) is 12.1 Å². The van der Waals surface area contributed by atoms with Crippen molar-refractivity contribution < 1.29 is 9.53 Å². The Morgan fingerprint density at radius 3 is 2.56 bits per heavy atom. The first-order valence-electron chi connectivity index (χ1n) is 5.38. The van der Waals surface area contributed by atoms with Gasteiger partial charge >= 0.3 is 5.97 Å². The SMILES string of the molecule is Cn1cc(N)cc1C(=O)OCC[Si](C)(C)C. The summed E-state index contributed by atoms with van der Waals surface area (Å²) in [5.74, 6) is -0.294. The van der Waals surface area contributed by atoms with Gasteiger partial charge in [0.05, 0.1) is 12.3 Å². The molecule has 0 saturated heterocycles. The van der Waals surface area contributed by atoms with Gasteiger partial charge in [0, 0.05) is 21.3 Å². The molecular weight excluding hydrogens is 220 g/mol. The summed E-state index contributed by atoms with van der Waals surface area (Å²) < 4.78 is 6.90. The van der Waals surface area contributed by atoms with Gasteiger partial charge in [0.2, 0.25) is 0 Å². The van der Waals surface area contributed by atoms with Crippen LogP contribution in [-0.2, 0) is 11.8 Å². The van der Waals surface area contributed by atoms with Gasteiger partial charge in [-0.25, -0.2) is 4.79 Å². The lowest BCUT2D eigenvalue weighted by Crippen LogP contribution is -2.23. The molecule has 0 unspecified atom stereocenters. The molecule has 0 aliphatic rings. The largest absolute Gasteiger partial charge is 0.461 e. The maximum atomic E-state index is 11.7. The third kappa shape index (κ3) is 3.73. The highest BCUT2D eigenvalue weighted by Gasteiger charge is 2.16. The van der Waals surface area contributed by atoms with Gasteiger partial charge in [-0.15, -0.1) is 0 Å². The fourth-order valence-corrected chi connectivity index (χ4v) is 2.03. The number of anilines is 1. The molecule has 0 aliphatic heterocycles. The molecule has 1 heterocycles. The van der Waals surface area contributed by atoms with Gasteiger partial charge in [-0.2, -0.15) is 0 Å². The minimum Gasteiger partial charge on any atom is -0.461 e. The van der Waals surface area contributed by atoms with E-state index in [0.29, 0.717) is 18.0 Å². The monoisotopic (exact) mass is 240 g/mol. The van der Waals surface area contributed by atoms with Gasteiger partial charge in [0.15, 0.2) is 0 Å². The van der Waals surface area contributed by atoms with Crippen molar-refractivity contribution in [2.24, 2.45) is 7.05 Å². The predicted molar refractivity (Wildman–Crippen MR) is 68.3 cm³/mol. The van der Waals surface area contributed by atoms with E-state index in [1.807, 2.05) is 0 Å². The number of nitrogens with two attached hydrogens (primary N) is 1. The summed E-state index contributed by atoms with van der Waals surface area (Å²) in [7, 11) is 0.641. The number of hydrogen-bond donors (Lipinski definition) is 1. The molecule has 4 nitrogen and oxygen atoms in total. The third-order valence-corrected chi connectivity index (χ3v) is 4.02. The highest BCUT2D eigenvalue weighted by molar-refractivity contribution is 6.76. The highest BCUT2D eigenvalue weighted by atomic mass is 28.3. The Labute approximate surface area is 97.4 Å². The Bertz CT molecular complexity index is 380. The molecule has 0 bridgehead atoms. The van der Waals surface area contributed by atoms with Crippen LogP contribution in [0.2, 0.25) is 25.7 Å². The van der Waals surface area contributed by atoms with E-state index in [1.165, 1.54) is 0 Å². The lowest BCUT2D eigenvalue weighted by Gasteiger charge is -2.15. The van der Waals surface area contributed by atoms with Crippen molar-refractivity contribution in [1.29, 1.82) is 0 Å². The summed E-state index contributed by atoms with van der Waals surface area (Å²) in [5.41, 5.74) is 6.68. The van der Waals surface area contributed by atoms with Gasteiger partial charge in [0.1, 0.15) is 5.69 Å². The van der Waals surface area contributed by atoms with Gasteiger partial charge < -0.3 is 15.0 Å². The molecule has 0 spiro atoms. The quantitative estimate of drug-likeness (QED) is 0.647. The number of hydrogen-bond acceptors (Lipinski definition) is 3. The van der Waals surface area contributed by atoms with Crippen molar-refractivity contribution in [3.05, 3.63) is 18.0 Å². The Kier molecular flexibility index (Phi) is 3.80. The average Bonchev–Trinajstić information content (AvgIpc) is 2.43. The summed E-state index contributed by atoms with van der Waals surface area (Å²) in [6.45, 7) is 7.25. The molecule has 0 radical (unpaired) electrons. The Hall–Kier alpha value is -1.23. The van der Waals surface area contributed by atoms with Crippen LogP contribution in [0.4, 0.5) is 5.69 Å². The van der Waals surface area contributed by atoms with E-state index in [9.17, 15) is 4.79 Å². The number of carbonyl (C=O) groups is 1. The minimum atomic E-state index is -1.14. The number of rotatable bonds is 4. The first kappa shape index (κ1) is 12.8. The Balaban J connectivity index is 2.51. The number of carbonyl (C=O) groups excluding carboxylic acids is 1. The topological polar surface area (TPSA) is 57.2 Å². The number of nitrogens with zero attached hydrogens (tertiary/aromatic N) is 1. The molecule has 0 atom stereocenters. The van der Waals surface area contributed by atoms with E-state index in [1.54, 1.807) is 23.9 Å². The van der Waals surface area contributed by atoms with Crippen LogP contribution in [0, 0.1) is 0 Å². The molecule has 0 saturated carbocycles. The molecule has 1 aromatic heterocycles. The zero-order valence-electron chi connectivity index (χ0n) is 10.4. The average molecular weight is 240 g/mol. The molecule has 5 heteroatoms. The molecule has 2 N–H and O–H groups in total. The van der Waals surface area contributed by atoms with Crippen LogP contribution in [0.3, 0.4) is 0 Å². The fourth-order valence-electron chi connectivity index (χ4n) is 1.32. The third-order valence-electron chi connectivity index (χ3n) is 2.32. The van der Waals surface area contributed by atoms with Gasteiger partial charge in [-0.1, -0.05) is 19.6 Å². The highest BCUT2D eigenvalue weighted by Crippen LogP contribution is 2.12. The lowest BCUT2D eigenvalue weighted by molar-refractivity contribution is 0.0514. The second-order valence-corrected chi connectivity index (χ2v) is 10.8. The summed E-state index contributed by atoms with van der Waals surface area (Å²) in [4.78, 5) is 11.7. The number of ether oxygens (including phenoxy) is 1. The number of nitrogen functional groups attached to an aromatic ring is 1. The molecule has 16 heavy (non-hydrogen) atoms. The van der Waals surface area contributed by atoms with Crippen molar-refractivity contribution in [3.63, 3.8) is 0 Å². The summed E-state index contributed by atoms with van der Waals surface area (Å²) in [6.07, 6.45) is 1.70. The van der Waals surface area contributed by atoms with Gasteiger partial charge in [-0.3, -0.25) is 0 Å². The minimum absolute atomic E-state index is 0.294. The number of aryl methyl sites for hydroxylation is 1. The smallest absolute Gasteiger partial charge is 0.355 e. The van der Waals surface area contributed by atoms with Crippen molar-refractivity contribution in [2.45, 2.75) is 25.7 Å². The number of esters is 1. The molecule has 1 rings (SSSR count). The summed E-state index contributed by atoms with van der Waals surface area (Å²) in [6, 6.07) is 2.62. The lowest BCUT2D eigenvalue weighted by atomic mass is 10.4. The van der Waals surface area contributed by atoms with Crippen LogP contribution < -0.4 is 5.73 Å². The van der Waals surface area contributed by atoms with E-state index in [2.05, 4.69) is 19.6 Å². The Morgan fingerprint density at radius 2 is 2.12 bits per heavy atom. The van der Waals surface area contributed by atoms with E-state index in [-0.39, 0.29) is 5.97 Å². The first-order chi connectivity index (χ1) is 7.29. The molecular formula is C11H20N2O2Si. The van der Waals surface area contributed by atoms with Crippen LogP contribution in [0.1, 0.15) is 10.5 Å². The predicted octanol–water partition coefficient (Wildman–Crippen LogP) is 2.10. The first-order valence-corrected chi connectivity index (χ1v) is 9.09. The van der Waals surface area contributed by atoms with Crippen molar-refractivity contribution in [1.82, 2.24) is 4.57 Å². The van der Waals surface area contributed by atoms with E-state index in [4.69, 9.17) is 10.5 Å². The zero-order chi connectivity index (χ0) is 12.3. The maximum Gasteiger partial charge on any atom is 0.355 e. The summed E-state index contributed by atoms with van der Waals surface area (Å²) in [5, 5.41) is 0. The maximum absolute atomic E-state index is 11.7.